The normalized spacial score (nSPS) is 11.4. The quantitative estimate of drug-likeness (QED) is 0.0236. The average Bonchev–Trinajstić information content (AvgIpc) is 2.89. The number of carbonyl (C=O) groups is 4. The van der Waals surface area contributed by atoms with Crippen LogP contribution in [0.4, 0.5) is 0 Å². The van der Waals surface area contributed by atoms with Gasteiger partial charge in [0.1, 0.15) is 13.2 Å². The van der Waals surface area contributed by atoms with Crippen LogP contribution in [0.1, 0.15) is 32.1 Å². The lowest BCUT2D eigenvalue weighted by Crippen LogP contribution is -2.40. The highest BCUT2D eigenvalue weighted by atomic mass is 16.5. The summed E-state index contributed by atoms with van der Waals surface area (Å²) in [5.41, 5.74) is 6.75. The molecule has 1 unspecified atom stereocenters. The Morgan fingerprint density at radius 1 is 0.921 bits per heavy atom. The highest BCUT2D eigenvalue weighted by Crippen LogP contribution is 2.02. The summed E-state index contributed by atoms with van der Waals surface area (Å²) < 4.78 is 21.0. The Morgan fingerprint density at radius 3 is 2.08 bits per heavy atom. The molecule has 15 nitrogen and oxygen atoms in total. The van der Waals surface area contributed by atoms with E-state index < -0.39 is 12.0 Å². The van der Waals surface area contributed by atoms with Crippen LogP contribution in [0.5, 0.6) is 0 Å². The van der Waals surface area contributed by atoms with Crippen molar-refractivity contribution in [2.45, 2.75) is 38.1 Å². The van der Waals surface area contributed by atoms with Crippen molar-refractivity contribution in [2.24, 2.45) is 11.0 Å². The Morgan fingerprint density at radius 2 is 1.50 bits per heavy atom. The Kier molecular flexibility index (Phi) is 22.5. The smallest absolute Gasteiger partial charge is 0.330 e. The van der Waals surface area contributed by atoms with Crippen LogP contribution in [-0.2, 0) is 38.1 Å². The molecule has 0 bridgehead atoms. The number of carbonyl (C=O) groups excluding carboxylic acids is 3. The molecule has 0 radical (unpaired) electrons. The van der Waals surface area contributed by atoms with E-state index in [0.717, 1.165) is 24.3 Å². The van der Waals surface area contributed by atoms with Gasteiger partial charge in [0.25, 0.3) is 5.91 Å². The molecule has 0 aliphatic heterocycles. The third-order valence-corrected chi connectivity index (χ3v) is 4.80. The van der Waals surface area contributed by atoms with E-state index in [4.69, 9.17) is 35.4 Å². The third-order valence-electron chi connectivity index (χ3n) is 4.80. The fraction of sp³-hybridized carbons (Fsp3) is 0.739. The predicted molar refractivity (Wildman–Crippen MR) is 135 cm³/mol. The maximum Gasteiger partial charge on any atom is 0.330 e. The molecule has 3 amide bonds. The molecule has 218 valence electrons. The number of hydrogen-bond donors (Lipinski definition) is 5. The summed E-state index contributed by atoms with van der Waals surface area (Å²) in [5, 5.41) is 18.0. The number of allylic oxidation sites excluding steroid dienone is 1. The highest BCUT2D eigenvalue weighted by Gasteiger charge is 2.17. The minimum atomic E-state index is -1.24. The Labute approximate surface area is 222 Å². The van der Waals surface area contributed by atoms with E-state index in [1.807, 2.05) is 6.08 Å². The van der Waals surface area contributed by atoms with Crippen LogP contribution in [0.3, 0.4) is 0 Å². The topological polar surface area (TPSA) is 215 Å². The maximum absolute atomic E-state index is 11.8. The van der Waals surface area contributed by atoms with Crippen LogP contribution in [0.25, 0.3) is 0 Å². The van der Waals surface area contributed by atoms with Crippen molar-refractivity contribution in [1.82, 2.24) is 15.6 Å². The first-order valence-electron chi connectivity index (χ1n) is 12.4. The van der Waals surface area contributed by atoms with Crippen LogP contribution >= 0.6 is 0 Å². The molecule has 0 spiro atoms. The van der Waals surface area contributed by atoms with Crippen molar-refractivity contribution >= 4 is 23.7 Å². The van der Waals surface area contributed by atoms with Crippen molar-refractivity contribution in [3.63, 3.8) is 0 Å². The first kappa shape index (κ1) is 35.0. The van der Waals surface area contributed by atoms with E-state index in [2.05, 4.69) is 22.3 Å². The van der Waals surface area contributed by atoms with Gasteiger partial charge in [0.2, 0.25) is 11.8 Å². The van der Waals surface area contributed by atoms with E-state index in [-0.39, 0.29) is 90.0 Å². The van der Waals surface area contributed by atoms with Gasteiger partial charge in [0.05, 0.1) is 39.6 Å². The molecular formula is C23H42N6O9. The number of amides is 3. The number of nitrogens with zero attached hydrogens (tertiary/aromatic N) is 2. The molecule has 0 aromatic heterocycles. The second kappa shape index (κ2) is 24.4. The second-order valence-electron chi connectivity index (χ2n) is 7.92. The highest BCUT2D eigenvalue weighted by molar-refractivity contribution is 5.78. The first-order valence-corrected chi connectivity index (χ1v) is 12.4. The van der Waals surface area contributed by atoms with Crippen LogP contribution in [-0.4, -0.2) is 112 Å². The maximum atomic E-state index is 11.8. The summed E-state index contributed by atoms with van der Waals surface area (Å²) in [4.78, 5) is 45.8. The van der Waals surface area contributed by atoms with E-state index in [0.29, 0.717) is 13.1 Å². The van der Waals surface area contributed by atoms with Gasteiger partial charge in [-0.1, -0.05) is 6.08 Å². The van der Waals surface area contributed by atoms with Crippen molar-refractivity contribution in [3.05, 3.63) is 12.7 Å². The van der Waals surface area contributed by atoms with Gasteiger partial charge in [-0.05, 0) is 25.7 Å². The lowest BCUT2D eigenvalue weighted by Gasteiger charge is -2.16. The average molecular weight is 547 g/mol. The number of hydrogen-bond acceptors (Lipinski definition) is 11. The third kappa shape index (κ3) is 21.1. The monoisotopic (exact) mass is 546 g/mol. The summed E-state index contributed by atoms with van der Waals surface area (Å²) in [6.45, 7) is 5.79. The van der Waals surface area contributed by atoms with Crippen molar-refractivity contribution < 1.29 is 43.2 Å². The van der Waals surface area contributed by atoms with E-state index in [1.165, 1.54) is 0 Å². The molecule has 0 aromatic rings. The molecule has 6 N–H and O–H groups in total. The Balaban J connectivity index is 3.49. The van der Waals surface area contributed by atoms with Gasteiger partial charge in [-0.15, -0.1) is 6.58 Å². The number of ether oxygens (including phenoxy) is 4. The molecule has 0 aliphatic carbocycles. The SMILES string of the molecule is C=CCCCCN(N)C(=O)COCCOCCNC(=O)COCCOCCNC(=O)CCC(N=N)C(=O)O. The number of carboxylic acid groups (broad SMARTS) is 1. The van der Waals surface area contributed by atoms with E-state index >= 15 is 0 Å². The van der Waals surface area contributed by atoms with Gasteiger partial charge < -0.3 is 34.7 Å². The number of aliphatic carboxylic acids is 1. The van der Waals surface area contributed by atoms with Crippen LogP contribution in [0, 0.1) is 5.53 Å². The summed E-state index contributed by atoms with van der Waals surface area (Å²) in [6.07, 6.45) is 4.34. The minimum absolute atomic E-state index is 0.0459. The number of nitrogens with one attached hydrogen (secondary N) is 3. The molecule has 0 aliphatic rings. The Hall–Kier alpha value is -2.98. The van der Waals surface area contributed by atoms with E-state index in [9.17, 15) is 19.2 Å². The summed E-state index contributed by atoms with van der Waals surface area (Å²) in [5.74, 6) is 3.47. The van der Waals surface area contributed by atoms with Crippen molar-refractivity contribution in [2.75, 3.05) is 72.5 Å². The molecule has 1 atom stereocenters. The zero-order valence-electron chi connectivity index (χ0n) is 21.9. The fourth-order valence-electron chi connectivity index (χ4n) is 2.72. The minimum Gasteiger partial charge on any atom is -0.480 e. The number of unbranched alkanes of at least 4 members (excludes halogenated alkanes) is 2. The number of rotatable bonds is 26. The van der Waals surface area contributed by atoms with Crippen LogP contribution in [0.15, 0.2) is 17.8 Å². The zero-order valence-corrected chi connectivity index (χ0v) is 21.9. The number of carboxylic acids is 1. The largest absolute Gasteiger partial charge is 0.480 e. The van der Waals surface area contributed by atoms with Gasteiger partial charge in [-0.3, -0.25) is 19.4 Å². The predicted octanol–water partition coefficient (Wildman–Crippen LogP) is -0.392. The molecule has 0 aromatic carbocycles. The van der Waals surface area contributed by atoms with Crippen LogP contribution in [0.2, 0.25) is 0 Å². The number of hydrazine groups is 1. The molecule has 38 heavy (non-hydrogen) atoms. The molecule has 0 saturated heterocycles. The lowest BCUT2D eigenvalue weighted by atomic mass is 10.1. The van der Waals surface area contributed by atoms with Gasteiger partial charge >= 0.3 is 5.97 Å². The molecule has 15 heteroatoms. The van der Waals surface area contributed by atoms with Crippen molar-refractivity contribution in [1.29, 1.82) is 5.53 Å². The van der Waals surface area contributed by atoms with Gasteiger partial charge in [-0.2, -0.15) is 5.11 Å². The molecule has 0 saturated carbocycles. The van der Waals surface area contributed by atoms with E-state index in [1.54, 1.807) is 0 Å². The summed E-state index contributed by atoms with van der Waals surface area (Å²) in [7, 11) is 0. The van der Waals surface area contributed by atoms with Crippen LogP contribution < -0.4 is 16.5 Å². The standard InChI is InChI=1S/C23H42N6O9/c1-2-3-4-5-10-29(25)22(32)18-38-16-14-36-12-9-27-21(31)17-37-15-13-35-11-8-26-20(30)7-6-19(28-24)23(33)34/h2,19,24H,1,3-18,25H2,(H,26,30)(H,27,31)(H,33,34). The van der Waals surface area contributed by atoms with Gasteiger partial charge in [-0.25, -0.2) is 16.2 Å². The van der Waals surface area contributed by atoms with Gasteiger partial charge in [0.15, 0.2) is 6.04 Å². The van der Waals surface area contributed by atoms with Crippen molar-refractivity contribution in [3.8, 4) is 0 Å². The zero-order chi connectivity index (χ0) is 28.4. The lowest BCUT2D eigenvalue weighted by molar-refractivity contribution is -0.139. The first-order chi connectivity index (χ1) is 18.3. The second-order valence-corrected chi connectivity index (χ2v) is 7.92. The summed E-state index contributed by atoms with van der Waals surface area (Å²) in [6, 6.07) is -1.21. The fourth-order valence-corrected chi connectivity index (χ4v) is 2.72. The van der Waals surface area contributed by atoms with Gasteiger partial charge in [0, 0.05) is 26.1 Å². The molecule has 0 rings (SSSR count). The summed E-state index contributed by atoms with van der Waals surface area (Å²) >= 11 is 0. The number of nitrogens with two attached hydrogens (primary N) is 1. The molecule has 0 fully saturated rings. The Bertz CT molecular complexity index is 711. The molecular weight excluding hydrogens is 504 g/mol. The molecule has 0 heterocycles.